The van der Waals surface area contributed by atoms with Crippen LogP contribution in [0.3, 0.4) is 0 Å². The van der Waals surface area contributed by atoms with Gasteiger partial charge in [0, 0.05) is 36.2 Å². The van der Waals surface area contributed by atoms with Gasteiger partial charge in [-0.25, -0.2) is 0 Å². The van der Waals surface area contributed by atoms with Gasteiger partial charge in [0.25, 0.3) is 0 Å². The topological polar surface area (TPSA) is 87.5 Å². The lowest BCUT2D eigenvalue weighted by Crippen LogP contribution is -2.15. The van der Waals surface area contributed by atoms with Crippen LogP contribution in [0.4, 0.5) is 5.69 Å². The lowest BCUT2D eigenvalue weighted by Gasteiger charge is -2.14. The fraction of sp³-hybridized carbons (Fsp3) is 0.316. The number of rotatable bonds is 9. The molecular formula is C19H22N4O4S2. The summed E-state index contributed by atoms with van der Waals surface area (Å²) in [5.74, 6) is 2.30. The van der Waals surface area contributed by atoms with E-state index < -0.39 is 0 Å². The molecule has 3 rings (SSSR count). The largest absolute Gasteiger partial charge is 0.493 e. The molecule has 29 heavy (non-hydrogen) atoms. The molecule has 8 nitrogen and oxygen atoms in total. The van der Waals surface area contributed by atoms with Gasteiger partial charge in [-0.2, -0.15) is 0 Å². The number of ether oxygens (including phenoxy) is 3. The quantitative estimate of drug-likeness (QED) is 0.517. The summed E-state index contributed by atoms with van der Waals surface area (Å²) in [7, 11) is 6.49. The molecule has 0 aliphatic heterocycles. The Labute approximate surface area is 177 Å². The van der Waals surface area contributed by atoms with Crippen molar-refractivity contribution in [3.05, 3.63) is 40.3 Å². The van der Waals surface area contributed by atoms with Crippen LogP contribution in [0.2, 0.25) is 0 Å². The first-order valence-electron chi connectivity index (χ1n) is 8.69. The highest BCUT2D eigenvalue weighted by molar-refractivity contribution is 7.99. The molecule has 2 aromatic heterocycles. The van der Waals surface area contributed by atoms with Gasteiger partial charge in [0.2, 0.25) is 11.7 Å². The minimum absolute atomic E-state index is 0.174. The van der Waals surface area contributed by atoms with Gasteiger partial charge >= 0.3 is 0 Å². The van der Waals surface area contributed by atoms with Crippen molar-refractivity contribution >= 4 is 34.7 Å². The molecule has 0 aliphatic carbocycles. The smallest absolute Gasteiger partial charge is 0.234 e. The normalized spacial score (nSPS) is 10.6. The molecule has 0 saturated heterocycles. The molecule has 0 bridgehead atoms. The zero-order valence-electron chi connectivity index (χ0n) is 16.6. The lowest BCUT2D eigenvalue weighted by atomic mass is 10.2. The van der Waals surface area contributed by atoms with Gasteiger partial charge in [-0.05, 0) is 11.4 Å². The van der Waals surface area contributed by atoms with E-state index in [4.69, 9.17) is 14.2 Å². The van der Waals surface area contributed by atoms with Crippen molar-refractivity contribution < 1.29 is 19.0 Å². The van der Waals surface area contributed by atoms with E-state index in [2.05, 4.69) is 21.6 Å². The van der Waals surface area contributed by atoms with Crippen molar-refractivity contribution in [2.45, 2.75) is 11.6 Å². The number of amides is 1. The monoisotopic (exact) mass is 434 g/mol. The third-order valence-corrected chi connectivity index (χ3v) is 6.01. The van der Waals surface area contributed by atoms with Gasteiger partial charge in [0.15, 0.2) is 16.7 Å². The molecule has 154 valence electrons. The summed E-state index contributed by atoms with van der Waals surface area (Å²) in [6, 6.07) is 7.45. The summed E-state index contributed by atoms with van der Waals surface area (Å²) in [5, 5.41) is 14.0. The number of hydrogen-bond donors (Lipinski definition) is 1. The molecule has 1 aromatic carbocycles. The van der Waals surface area contributed by atoms with Gasteiger partial charge in [0.1, 0.15) is 5.82 Å². The third-order valence-electron chi connectivity index (χ3n) is 4.12. The maximum atomic E-state index is 12.4. The number of nitrogens with zero attached hydrogens (tertiary/aromatic N) is 3. The molecule has 0 fully saturated rings. The minimum Gasteiger partial charge on any atom is -0.493 e. The highest BCUT2D eigenvalue weighted by Gasteiger charge is 2.16. The standard InChI is InChI=1S/C19H22N4O4S2/c1-23-16(10-13-6-5-7-28-13)21-22-19(23)29-11-17(24)20-12-8-14(25-2)18(27-4)15(9-12)26-3/h5-9H,10-11H2,1-4H3,(H,20,24). The molecule has 1 N–H and O–H groups in total. The molecule has 3 aromatic rings. The van der Waals surface area contributed by atoms with E-state index >= 15 is 0 Å². The van der Waals surface area contributed by atoms with Crippen LogP contribution in [0.1, 0.15) is 10.7 Å². The van der Waals surface area contributed by atoms with Gasteiger partial charge in [0.05, 0.1) is 27.1 Å². The number of anilines is 1. The molecule has 0 aliphatic rings. The van der Waals surface area contributed by atoms with Crippen LogP contribution in [0.15, 0.2) is 34.8 Å². The molecule has 10 heteroatoms. The zero-order chi connectivity index (χ0) is 20.8. The average molecular weight is 435 g/mol. The van der Waals surface area contributed by atoms with Crippen LogP contribution in [0.5, 0.6) is 17.2 Å². The number of aromatic nitrogens is 3. The predicted octanol–water partition coefficient (Wildman–Crippen LogP) is 3.22. The van der Waals surface area contributed by atoms with E-state index in [0.29, 0.717) is 28.1 Å². The van der Waals surface area contributed by atoms with Crippen LogP contribution < -0.4 is 19.5 Å². The zero-order valence-corrected chi connectivity index (χ0v) is 18.2. The fourth-order valence-corrected chi connectivity index (χ4v) is 4.11. The first kappa shape index (κ1) is 21.0. The van der Waals surface area contributed by atoms with Crippen LogP contribution in [-0.2, 0) is 18.3 Å². The summed E-state index contributed by atoms with van der Waals surface area (Å²) in [4.78, 5) is 13.6. The number of methoxy groups -OCH3 is 3. The van der Waals surface area contributed by atoms with Crippen molar-refractivity contribution in [1.82, 2.24) is 14.8 Å². The lowest BCUT2D eigenvalue weighted by molar-refractivity contribution is -0.113. The van der Waals surface area contributed by atoms with Crippen molar-refractivity contribution in [2.24, 2.45) is 7.05 Å². The Morgan fingerprint density at radius 3 is 2.48 bits per heavy atom. The number of benzene rings is 1. The molecule has 1 amide bonds. The highest BCUT2D eigenvalue weighted by atomic mass is 32.2. The predicted molar refractivity (Wildman–Crippen MR) is 114 cm³/mol. The maximum Gasteiger partial charge on any atom is 0.234 e. The van der Waals surface area contributed by atoms with Crippen LogP contribution >= 0.6 is 23.1 Å². The maximum absolute atomic E-state index is 12.4. The molecule has 0 spiro atoms. The van der Waals surface area contributed by atoms with E-state index in [1.807, 2.05) is 23.1 Å². The molecule has 0 saturated carbocycles. The first-order chi connectivity index (χ1) is 14.0. The van der Waals surface area contributed by atoms with Gasteiger partial charge in [-0.3, -0.25) is 4.79 Å². The van der Waals surface area contributed by atoms with Crippen LogP contribution in [0.25, 0.3) is 0 Å². The second-order valence-electron chi connectivity index (χ2n) is 5.96. The number of nitrogens with one attached hydrogen (secondary N) is 1. The van der Waals surface area contributed by atoms with Gasteiger partial charge in [-0.1, -0.05) is 17.8 Å². The first-order valence-corrected chi connectivity index (χ1v) is 10.6. The molecule has 0 atom stereocenters. The number of thioether (sulfide) groups is 1. The Morgan fingerprint density at radius 2 is 1.90 bits per heavy atom. The van der Waals surface area contributed by atoms with Crippen molar-refractivity contribution in [1.29, 1.82) is 0 Å². The second kappa shape index (κ2) is 9.66. The minimum atomic E-state index is -0.174. The van der Waals surface area contributed by atoms with Gasteiger partial charge < -0.3 is 24.1 Å². The second-order valence-corrected chi connectivity index (χ2v) is 7.94. The molecule has 0 radical (unpaired) electrons. The van der Waals surface area contributed by atoms with Crippen LogP contribution in [-0.4, -0.2) is 47.8 Å². The number of hydrogen-bond acceptors (Lipinski definition) is 8. The summed E-state index contributed by atoms with van der Waals surface area (Å²) >= 11 is 3.01. The fourth-order valence-electron chi connectivity index (χ4n) is 2.67. The van der Waals surface area contributed by atoms with Crippen molar-refractivity contribution in [3.8, 4) is 17.2 Å². The third kappa shape index (κ3) is 5.01. The summed E-state index contributed by atoms with van der Waals surface area (Å²) in [6.07, 6.45) is 0.722. The van der Waals surface area contributed by atoms with E-state index in [9.17, 15) is 4.79 Å². The average Bonchev–Trinajstić information content (AvgIpc) is 3.36. The van der Waals surface area contributed by atoms with Gasteiger partial charge in [-0.15, -0.1) is 21.5 Å². The van der Waals surface area contributed by atoms with E-state index in [0.717, 1.165) is 12.2 Å². The Kier molecular flexibility index (Phi) is 6.99. The SMILES string of the molecule is COc1cc(NC(=O)CSc2nnc(Cc3cccs3)n2C)cc(OC)c1OC. The Morgan fingerprint density at radius 1 is 1.17 bits per heavy atom. The number of thiophene rings is 1. The Balaban J connectivity index is 1.62. The molecule has 2 heterocycles. The molecule has 0 unspecified atom stereocenters. The summed E-state index contributed by atoms with van der Waals surface area (Å²) in [6.45, 7) is 0. The Hall–Kier alpha value is -2.72. The van der Waals surface area contributed by atoms with E-state index in [1.54, 1.807) is 23.5 Å². The summed E-state index contributed by atoms with van der Waals surface area (Å²) in [5.41, 5.74) is 0.557. The number of carbonyl (C=O) groups excluding carboxylic acids is 1. The van der Waals surface area contributed by atoms with Crippen molar-refractivity contribution in [3.63, 3.8) is 0 Å². The molecular weight excluding hydrogens is 412 g/mol. The summed E-state index contributed by atoms with van der Waals surface area (Å²) < 4.78 is 17.8. The van der Waals surface area contributed by atoms with Crippen LogP contribution in [0, 0.1) is 0 Å². The Bertz CT molecular complexity index is 948. The number of carbonyl (C=O) groups is 1. The van der Waals surface area contributed by atoms with Crippen molar-refractivity contribution in [2.75, 3.05) is 32.4 Å². The van der Waals surface area contributed by atoms with E-state index in [1.165, 1.54) is 38.0 Å². The van der Waals surface area contributed by atoms with E-state index in [-0.39, 0.29) is 11.7 Å². The highest BCUT2D eigenvalue weighted by Crippen LogP contribution is 2.40.